The lowest BCUT2D eigenvalue weighted by molar-refractivity contribution is -0.150. The average molecular weight is 370 g/mol. The first kappa shape index (κ1) is 19.8. The molecule has 4 fully saturated rings. The standard InChI is InChI=1S/C11H20N2O3.C7H14N2O/c1-10(2,3)16-9(14)13-7-11(8-13)6-12-4-5-15-11;1-9-5-7(6-9)4-8-2-3-10-7/h12H,4-8H2,1-3H3;8H,2-6H2,1H3. The van der Waals surface area contributed by atoms with E-state index in [1.54, 1.807) is 4.90 Å². The van der Waals surface area contributed by atoms with Gasteiger partial charge in [0.2, 0.25) is 0 Å². The molecular formula is C18H34N4O4. The number of hydrogen-bond acceptors (Lipinski definition) is 7. The Morgan fingerprint density at radius 3 is 1.85 bits per heavy atom. The Morgan fingerprint density at radius 1 is 0.962 bits per heavy atom. The second-order valence-corrected chi connectivity index (χ2v) is 8.93. The van der Waals surface area contributed by atoms with Crippen molar-refractivity contribution < 1.29 is 19.0 Å². The molecule has 0 aliphatic carbocycles. The summed E-state index contributed by atoms with van der Waals surface area (Å²) in [5, 5.41) is 6.63. The smallest absolute Gasteiger partial charge is 0.410 e. The number of morpholine rings is 2. The normalized spacial score (nSPS) is 27.2. The molecule has 0 aromatic rings. The number of carbonyl (C=O) groups excluding carboxylic acids is 1. The van der Waals surface area contributed by atoms with Crippen LogP contribution in [0.4, 0.5) is 4.79 Å². The van der Waals surface area contributed by atoms with E-state index in [9.17, 15) is 4.79 Å². The van der Waals surface area contributed by atoms with Crippen molar-refractivity contribution in [1.82, 2.24) is 20.4 Å². The number of carbonyl (C=O) groups is 1. The Hall–Kier alpha value is -0.930. The number of ether oxygens (including phenoxy) is 3. The van der Waals surface area contributed by atoms with Crippen LogP contribution in [0, 0.1) is 0 Å². The Kier molecular flexibility index (Phi) is 5.79. The van der Waals surface area contributed by atoms with Gasteiger partial charge >= 0.3 is 6.09 Å². The fraction of sp³-hybridized carbons (Fsp3) is 0.944. The summed E-state index contributed by atoms with van der Waals surface area (Å²) in [5.74, 6) is 0. The monoisotopic (exact) mass is 370 g/mol. The third-order valence-electron chi connectivity index (χ3n) is 4.99. The van der Waals surface area contributed by atoms with Crippen LogP contribution in [0.5, 0.6) is 0 Å². The van der Waals surface area contributed by atoms with Gasteiger partial charge in [-0.05, 0) is 27.8 Å². The van der Waals surface area contributed by atoms with Gasteiger partial charge in [0.15, 0.2) is 0 Å². The molecule has 0 radical (unpaired) electrons. The summed E-state index contributed by atoms with van der Waals surface area (Å²) in [6, 6.07) is 0. The van der Waals surface area contributed by atoms with Crippen molar-refractivity contribution in [3.8, 4) is 0 Å². The van der Waals surface area contributed by atoms with E-state index in [1.807, 2.05) is 20.8 Å². The molecule has 0 bridgehead atoms. The molecule has 8 heteroatoms. The van der Waals surface area contributed by atoms with Crippen LogP contribution in [-0.2, 0) is 14.2 Å². The fourth-order valence-electron chi connectivity index (χ4n) is 3.86. The van der Waals surface area contributed by atoms with E-state index in [4.69, 9.17) is 14.2 Å². The zero-order chi connectivity index (χ0) is 18.8. The molecule has 8 nitrogen and oxygen atoms in total. The largest absolute Gasteiger partial charge is 0.444 e. The third kappa shape index (κ3) is 4.86. The molecule has 4 heterocycles. The van der Waals surface area contributed by atoms with Gasteiger partial charge in [-0.2, -0.15) is 0 Å². The Labute approximate surface area is 156 Å². The summed E-state index contributed by atoms with van der Waals surface area (Å²) in [6.45, 7) is 14.5. The van der Waals surface area contributed by atoms with E-state index in [1.165, 1.54) is 0 Å². The SMILES string of the molecule is CC(C)(C)OC(=O)N1CC2(CNCCO2)C1.CN1CC2(CNCCO2)C1. The zero-order valence-corrected chi connectivity index (χ0v) is 16.6. The van der Waals surface area contributed by atoms with Gasteiger partial charge in [0, 0.05) is 39.3 Å². The van der Waals surface area contributed by atoms with Gasteiger partial charge < -0.3 is 34.6 Å². The minimum absolute atomic E-state index is 0.158. The van der Waals surface area contributed by atoms with Crippen LogP contribution >= 0.6 is 0 Å². The van der Waals surface area contributed by atoms with E-state index in [2.05, 4.69) is 22.6 Å². The Balaban J connectivity index is 0.000000167. The van der Waals surface area contributed by atoms with Gasteiger partial charge in [0.25, 0.3) is 0 Å². The summed E-state index contributed by atoms with van der Waals surface area (Å²) in [7, 11) is 2.13. The minimum Gasteiger partial charge on any atom is -0.444 e. The van der Waals surface area contributed by atoms with Crippen molar-refractivity contribution in [2.45, 2.75) is 37.6 Å². The van der Waals surface area contributed by atoms with Crippen molar-refractivity contribution >= 4 is 6.09 Å². The van der Waals surface area contributed by atoms with Crippen molar-refractivity contribution in [1.29, 1.82) is 0 Å². The van der Waals surface area contributed by atoms with Crippen LogP contribution in [0.1, 0.15) is 20.8 Å². The van der Waals surface area contributed by atoms with Crippen LogP contribution in [0.15, 0.2) is 0 Å². The summed E-state index contributed by atoms with van der Waals surface area (Å²) in [4.78, 5) is 15.7. The molecule has 1 amide bonds. The Morgan fingerprint density at radius 2 is 1.46 bits per heavy atom. The van der Waals surface area contributed by atoms with Gasteiger partial charge in [0.1, 0.15) is 16.8 Å². The average Bonchev–Trinajstić information content (AvgIpc) is 2.52. The molecule has 4 aliphatic heterocycles. The Bertz CT molecular complexity index is 472. The van der Waals surface area contributed by atoms with Crippen LogP contribution < -0.4 is 10.6 Å². The highest BCUT2D eigenvalue weighted by Gasteiger charge is 2.48. The number of nitrogens with one attached hydrogen (secondary N) is 2. The van der Waals surface area contributed by atoms with Crippen molar-refractivity contribution in [2.75, 3.05) is 72.6 Å². The van der Waals surface area contributed by atoms with Gasteiger partial charge in [-0.25, -0.2) is 4.79 Å². The molecule has 0 atom stereocenters. The highest BCUT2D eigenvalue weighted by molar-refractivity contribution is 5.69. The lowest BCUT2D eigenvalue weighted by Crippen LogP contribution is -2.71. The van der Waals surface area contributed by atoms with E-state index in [0.29, 0.717) is 13.1 Å². The summed E-state index contributed by atoms with van der Waals surface area (Å²) in [5.41, 5.74) is -0.395. The van der Waals surface area contributed by atoms with Crippen molar-refractivity contribution in [3.05, 3.63) is 0 Å². The maximum Gasteiger partial charge on any atom is 0.410 e. The van der Waals surface area contributed by atoms with E-state index < -0.39 is 5.60 Å². The van der Waals surface area contributed by atoms with E-state index in [-0.39, 0.29) is 17.3 Å². The number of nitrogens with zero attached hydrogens (tertiary/aromatic N) is 2. The second kappa shape index (κ2) is 7.59. The van der Waals surface area contributed by atoms with E-state index >= 15 is 0 Å². The molecular weight excluding hydrogens is 336 g/mol. The molecule has 0 unspecified atom stereocenters. The lowest BCUT2D eigenvalue weighted by Gasteiger charge is -2.51. The lowest BCUT2D eigenvalue weighted by atomic mass is 9.93. The quantitative estimate of drug-likeness (QED) is 0.616. The van der Waals surface area contributed by atoms with Crippen molar-refractivity contribution in [3.63, 3.8) is 0 Å². The molecule has 0 saturated carbocycles. The van der Waals surface area contributed by atoms with Crippen LogP contribution in [-0.4, -0.2) is 105 Å². The van der Waals surface area contributed by atoms with Gasteiger partial charge in [-0.3, -0.25) is 0 Å². The minimum atomic E-state index is -0.425. The molecule has 4 aliphatic rings. The van der Waals surface area contributed by atoms with Crippen LogP contribution in [0.25, 0.3) is 0 Å². The van der Waals surface area contributed by atoms with Crippen LogP contribution in [0.2, 0.25) is 0 Å². The predicted molar refractivity (Wildman–Crippen MR) is 98.4 cm³/mol. The van der Waals surface area contributed by atoms with Gasteiger partial charge in [-0.1, -0.05) is 0 Å². The number of rotatable bonds is 0. The molecule has 0 aromatic heterocycles. The van der Waals surface area contributed by atoms with E-state index in [0.717, 1.165) is 52.5 Å². The molecule has 150 valence electrons. The highest BCUT2D eigenvalue weighted by Crippen LogP contribution is 2.28. The summed E-state index contributed by atoms with van der Waals surface area (Å²) < 4.78 is 16.7. The topological polar surface area (TPSA) is 75.3 Å². The molecule has 4 rings (SSSR count). The highest BCUT2D eigenvalue weighted by atomic mass is 16.6. The third-order valence-corrected chi connectivity index (χ3v) is 4.99. The molecule has 2 spiro atoms. The summed E-state index contributed by atoms with van der Waals surface area (Å²) >= 11 is 0. The van der Waals surface area contributed by atoms with Crippen molar-refractivity contribution in [2.24, 2.45) is 0 Å². The number of likely N-dealkylation sites (N-methyl/N-ethyl adjacent to an activating group) is 1. The molecule has 2 N–H and O–H groups in total. The first-order valence-electron chi connectivity index (χ1n) is 9.57. The molecule has 0 aromatic carbocycles. The maximum atomic E-state index is 11.7. The molecule has 26 heavy (non-hydrogen) atoms. The summed E-state index contributed by atoms with van der Waals surface area (Å²) in [6.07, 6.45) is -0.243. The van der Waals surface area contributed by atoms with Crippen LogP contribution in [0.3, 0.4) is 0 Å². The first-order valence-corrected chi connectivity index (χ1v) is 9.57. The second-order valence-electron chi connectivity index (χ2n) is 8.93. The zero-order valence-electron chi connectivity index (χ0n) is 16.6. The number of likely N-dealkylation sites (tertiary alicyclic amines) is 2. The number of hydrogen-bond donors (Lipinski definition) is 2. The molecule has 4 saturated heterocycles. The fourth-order valence-corrected chi connectivity index (χ4v) is 3.86. The predicted octanol–water partition coefficient (Wildman–Crippen LogP) is -0.114. The number of amides is 1. The maximum absolute atomic E-state index is 11.7. The first-order chi connectivity index (χ1) is 12.2. The van der Waals surface area contributed by atoms with Gasteiger partial charge in [0.05, 0.1) is 26.3 Å². The van der Waals surface area contributed by atoms with Gasteiger partial charge in [-0.15, -0.1) is 0 Å².